The summed E-state index contributed by atoms with van der Waals surface area (Å²) in [6.45, 7) is 5.29. The number of sulfone groups is 1. The van der Waals surface area contributed by atoms with Crippen LogP contribution in [0.2, 0.25) is 0 Å². The number of benzene rings is 2. The average molecular weight is 375 g/mol. The van der Waals surface area contributed by atoms with Crippen LogP contribution in [0.25, 0.3) is 0 Å². The molecule has 0 saturated heterocycles. The van der Waals surface area contributed by atoms with Crippen LogP contribution in [0.5, 0.6) is 0 Å². The summed E-state index contributed by atoms with van der Waals surface area (Å²) >= 11 is 0. The molecular formula is C20H25NO4S. The van der Waals surface area contributed by atoms with E-state index in [1.165, 1.54) is 0 Å². The molecule has 1 N–H and O–H groups in total. The molecule has 5 nitrogen and oxygen atoms in total. The first-order valence-electron chi connectivity index (χ1n) is 8.47. The minimum atomic E-state index is -3.54. The van der Waals surface area contributed by atoms with E-state index in [2.05, 4.69) is 5.32 Å². The maximum Gasteiger partial charge on any atom is 0.407 e. The van der Waals surface area contributed by atoms with Crippen molar-refractivity contribution in [2.24, 2.45) is 0 Å². The summed E-state index contributed by atoms with van der Waals surface area (Å²) in [4.78, 5) is 12.4. The number of alkyl carbamates (subject to hydrolysis) is 1. The van der Waals surface area contributed by atoms with E-state index >= 15 is 0 Å². The van der Waals surface area contributed by atoms with Crippen LogP contribution in [0.3, 0.4) is 0 Å². The van der Waals surface area contributed by atoms with Crippen molar-refractivity contribution in [3.05, 3.63) is 66.2 Å². The second kappa shape index (κ2) is 8.36. The SMILES string of the molecule is CC(C)(C)OC(=O)NC(Cc1ccccc1)CS(=O)(=O)c1ccccc1. The van der Waals surface area contributed by atoms with E-state index in [0.29, 0.717) is 6.42 Å². The molecule has 0 aliphatic carbocycles. The summed E-state index contributed by atoms with van der Waals surface area (Å²) in [6, 6.07) is 17.1. The molecule has 0 fully saturated rings. The molecule has 0 aromatic heterocycles. The fourth-order valence-electron chi connectivity index (χ4n) is 2.51. The number of amides is 1. The van der Waals surface area contributed by atoms with Crippen molar-refractivity contribution >= 4 is 15.9 Å². The number of hydrogen-bond acceptors (Lipinski definition) is 4. The van der Waals surface area contributed by atoms with E-state index in [1.807, 2.05) is 30.3 Å². The van der Waals surface area contributed by atoms with E-state index in [1.54, 1.807) is 51.1 Å². The maximum absolute atomic E-state index is 12.7. The molecule has 0 bridgehead atoms. The molecule has 26 heavy (non-hydrogen) atoms. The first-order chi connectivity index (χ1) is 12.2. The first-order valence-corrected chi connectivity index (χ1v) is 10.1. The lowest BCUT2D eigenvalue weighted by Gasteiger charge is -2.24. The van der Waals surface area contributed by atoms with E-state index in [9.17, 15) is 13.2 Å². The lowest BCUT2D eigenvalue weighted by atomic mass is 10.1. The number of hydrogen-bond donors (Lipinski definition) is 1. The number of nitrogens with one attached hydrogen (secondary N) is 1. The van der Waals surface area contributed by atoms with Crippen LogP contribution in [0.15, 0.2) is 65.6 Å². The van der Waals surface area contributed by atoms with Crippen LogP contribution >= 0.6 is 0 Å². The van der Waals surface area contributed by atoms with Crippen LogP contribution in [0, 0.1) is 0 Å². The molecule has 0 aliphatic rings. The van der Waals surface area contributed by atoms with Crippen LogP contribution in [0.1, 0.15) is 26.3 Å². The van der Waals surface area contributed by atoms with Gasteiger partial charge in [0.2, 0.25) is 0 Å². The topological polar surface area (TPSA) is 72.5 Å². The Labute approximate surface area is 155 Å². The fraction of sp³-hybridized carbons (Fsp3) is 0.350. The monoisotopic (exact) mass is 375 g/mol. The van der Waals surface area contributed by atoms with Gasteiger partial charge in [-0.1, -0.05) is 48.5 Å². The number of rotatable bonds is 6. The Bertz CT molecular complexity index is 812. The molecule has 0 aliphatic heterocycles. The first kappa shape index (κ1) is 20.0. The minimum absolute atomic E-state index is 0.203. The molecule has 1 amide bonds. The van der Waals surface area contributed by atoms with Gasteiger partial charge in [-0.3, -0.25) is 0 Å². The zero-order chi connectivity index (χ0) is 19.2. The predicted octanol–water partition coefficient (Wildman–Crippen LogP) is 3.60. The molecular weight excluding hydrogens is 350 g/mol. The second-order valence-electron chi connectivity index (χ2n) is 7.13. The highest BCUT2D eigenvalue weighted by Crippen LogP contribution is 2.14. The predicted molar refractivity (Wildman–Crippen MR) is 102 cm³/mol. The normalized spacial score (nSPS) is 13.0. The quantitative estimate of drug-likeness (QED) is 0.837. The molecule has 2 aromatic carbocycles. The van der Waals surface area contributed by atoms with Crippen molar-refractivity contribution in [2.45, 2.75) is 43.7 Å². The minimum Gasteiger partial charge on any atom is -0.444 e. The Morgan fingerprint density at radius 1 is 1.00 bits per heavy atom. The summed E-state index contributed by atoms with van der Waals surface area (Å²) in [7, 11) is -3.54. The van der Waals surface area contributed by atoms with Crippen LogP contribution in [0.4, 0.5) is 4.79 Å². The molecule has 2 rings (SSSR count). The lowest BCUT2D eigenvalue weighted by molar-refractivity contribution is 0.0509. The number of carbonyl (C=O) groups is 1. The van der Waals surface area contributed by atoms with E-state index in [4.69, 9.17) is 4.74 Å². The molecule has 1 atom stereocenters. The maximum atomic E-state index is 12.7. The van der Waals surface area contributed by atoms with Gasteiger partial charge in [-0.2, -0.15) is 0 Å². The van der Waals surface area contributed by atoms with Gasteiger partial charge in [-0.25, -0.2) is 13.2 Å². The zero-order valence-corrected chi connectivity index (χ0v) is 16.1. The largest absolute Gasteiger partial charge is 0.444 e. The highest BCUT2D eigenvalue weighted by molar-refractivity contribution is 7.91. The summed E-state index contributed by atoms with van der Waals surface area (Å²) < 4.78 is 30.7. The van der Waals surface area contributed by atoms with Crippen LogP contribution in [-0.4, -0.2) is 31.9 Å². The van der Waals surface area contributed by atoms with E-state index in [-0.39, 0.29) is 10.6 Å². The second-order valence-corrected chi connectivity index (χ2v) is 9.16. The average Bonchev–Trinajstić information content (AvgIpc) is 2.54. The molecule has 0 heterocycles. The molecule has 0 radical (unpaired) electrons. The highest BCUT2D eigenvalue weighted by Gasteiger charge is 2.25. The Hall–Kier alpha value is -2.34. The summed E-state index contributed by atoms with van der Waals surface area (Å²) in [6.07, 6.45) is -0.228. The van der Waals surface area contributed by atoms with Crippen molar-refractivity contribution < 1.29 is 17.9 Å². The van der Waals surface area contributed by atoms with Crippen LogP contribution in [-0.2, 0) is 21.0 Å². The van der Waals surface area contributed by atoms with Gasteiger partial charge < -0.3 is 10.1 Å². The van der Waals surface area contributed by atoms with Crippen molar-refractivity contribution in [1.82, 2.24) is 5.32 Å². The van der Waals surface area contributed by atoms with Crippen molar-refractivity contribution in [1.29, 1.82) is 0 Å². The van der Waals surface area contributed by atoms with Crippen molar-refractivity contribution in [3.63, 3.8) is 0 Å². The van der Waals surface area contributed by atoms with Crippen molar-refractivity contribution in [3.8, 4) is 0 Å². The van der Waals surface area contributed by atoms with Gasteiger partial charge in [-0.15, -0.1) is 0 Å². The van der Waals surface area contributed by atoms with Gasteiger partial charge in [0, 0.05) is 0 Å². The molecule has 0 spiro atoms. The smallest absolute Gasteiger partial charge is 0.407 e. The number of ether oxygens (including phenoxy) is 1. The van der Waals surface area contributed by atoms with E-state index < -0.39 is 27.6 Å². The molecule has 140 valence electrons. The Kier molecular flexibility index (Phi) is 6.42. The van der Waals surface area contributed by atoms with Crippen LogP contribution < -0.4 is 5.32 Å². The van der Waals surface area contributed by atoms with Gasteiger partial charge in [0.15, 0.2) is 9.84 Å². The van der Waals surface area contributed by atoms with Gasteiger partial charge in [0.25, 0.3) is 0 Å². The van der Waals surface area contributed by atoms with Gasteiger partial charge in [0.05, 0.1) is 16.7 Å². The summed E-state index contributed by atoms with van der Waals surface area (Å²) in [5, 5.41) is 2.71. The standard InChI is InChI=1S/C20H25NO4S/c1-20(2,3)25-19(22)21-17(14-16-10-6-4-7-11-16)15-26(23,24)18-12-8-5-9-13-18/h4-13,17H,14-15H2,1-3H3,(H,21,22). The molecule has 2 aromatic rings. The Balaban J connectivity index is 2.18. The Morgan fingerprint density at radius 3 is 2.08 bits per heavy atom. The van der Waals surface area contributed by atoms with Gasteiger partial charge >= 0.3 is 6.09 Å². The molecule has 6 heteroatoms. The molecule has 1 unspecified atom stereocenters. The highest BCUT2D eigenvalue weighted by atomic mass is 32.2. The zero-order valence-electron chi connectivity index (χ0n) is 15.3. The van der Waals surface area contributed by atoms with Gasteiger partial charge in [0.1, 0.15) is 5.60 Å². The number of carbonyl (C=O) groups excluding carboxylic acids is 1. The third-order valence-electron chi connectivity index (χ3n) is 3.57. The third kappa shape index (κ3) is 6.52. The lowest BCUT2D eigenvalue weighted by Crippen LogP contribution is -2.43. The summed E-state index contributed by atoms with van der Waals surface area (Å²) in [5.74, 6) is -0.203. The van der Waals surface area contributed by atoms with E-state index in [0.717, 1.165) is 5.56 Å². The summed E-state index contributed by atoms with van der Waals surface area (Å²) in [5.41, 5.74) is 0.288. The van der Waals surface area contributed by atoms with Gasteiger partial charge in [-0.05, 0) is 44.9 Å². The molecule has 0 saturated carbocycles. The Morgan fingerprint density at radius 2 is 1.54 bits per heavy atom. The third-order valence-corrected chi connectivity index (χ3v) is 5.40. The fourth-order valence-corrected chi connectivity index (χ4v) is 4.01. The van der Waals surface area contributed by atoms with Crippen molar-refractivity contribution in [2.75, 3.05) is 5.75 Å².